The van der Waals surface area contributed by atoms with E-state index in [1.54, 1.807) is 6.21 Å². The average Bonchev–Trinajstić information content (AvgIpc) is 2.53. The Morgan fingerprint density at radius 3 is 2.67 bits per heavy atom. The van der Waals surface area contributed by atoms with Crippen LogP contribution in [0.25, 0.3) is 0 Å². The number of rotatable bonds is 5. The summed E-state index contributed by atoms with van der Waals surface area (Å²) in [7, 11) is 0. The Morgan fingerprint density at radius 1 is 1.33 bits per heavy atom. The summed E-state index contributed by atoms with van der Waals surface area (Å²) in [5.41, 5.74) is 1.19. The van der Waals surface area contributed by atoms with Crippen molar-refractivity contribution in [2.75, 3.05) is 6.26 Å². The molecule has 0 aliphatic carbocycles. The lowest BCUT2D eigenvalue weighted by molar-refractivity contribution is 0.584. The molecule has 110 valence electrons. The molecule has 6 heteroatoms. The van der Waals surface area contributed by atoms with Gasteiger partial charge in [0.2, 0.25) is 5.16 Å². The number of nitrogens with zero attached hydrogens (tertiary/aromatic N) is 4. The molecule has 1 heterocycles. The highest BCUT2D eigenvalue weighted by Gasteiger charge is 2.15. The number of hydrogen-bond donors (Lipinski definition) is 0. The molecule has 0 saturated carbocycles. The van der Waals surface area contributed by atoms with E-state index in [4.69, 9.17) is 0 Å². The van der Waals surface area contributed by atoms with Crippen molar-refractivity contribution in [2.24, 2.45) is 5.10 Å². The van der Waals surface area contributed by atoms with Gasteiger partial charge in [-0.05, 0) is 18.2 Å². The molecule has 1 unspecified atom stereocenters. The summed E-state index contributed by atoms with van der Waals surface area (Å²) in [5, 5.41) is 12.9. The first kappa shape index (κ1) is 15.4. The van der Waals surface area contributed by atoms with Gasteiger partial charge in [-0.2, -0.15) is 9.78 Å². The van der Waals surface area contributed by atoms with Gasteiger partial charge in [0.1, 0.15) is 5.69 Å². The Hall–Kier alpha value is -1.95. The lowest BCUT2D eigenvalue weighted by atomic mass is 10.1. The van der Waals surface area contributed by atoms with Crippen molar-refractivity contribution >= 4 is 18.0 Å². The van der Waals surface area contributed by atoms with Crippen LogP contribution in [0, 0.1) is 0 Å². The molecule has 1 aromatic heterocycles. The highest BCUT2D eigenvalue weighted by Crippen LogP contribution is 2.14. The molecular formula is C15H18N4OS. The first-order valence-corrected chi connectivity index (χ1v) is 8.02. The molecule has 1 aromatic carbocycles. The van der Waals surface area contributed by atoms with E-state index >= 15 is 0 Å². The van der Waals surface area contributed by atoms with Gasteiger partial charge < -0.3 is 0 Å². The van der Waals surface area contributed by atoms with Crippen LogP contribution in [-0.4, -0.2) is 27.3 Å². The summed E-state index contributed by atoms with van der Waals surface area (Å²) < 4.78 is 1.33. The first-order chi connectivity index (χ1) is 10.2. The Morgan fingerprint density at radius 2 is 2.05 bits per heavy atom. The SMILES string of the molecule is CCC(C)c1nnc(SC)n(N=Cc2ccccc2)c1=O. The molecule has 0 saturated heterocycles. The van der Waals surface area contributed by atoms with E-state index in [0.29, 0.717) is 10.9 Å². The molecule has 21 heavy (non-hydrogen) atoms. The van der Waals surface area contributed by atoms with Crippen LogP contribution in [0.5, 0.6) is 0 Å². The molecule has 0 aliphatic heterocycles. The van der Waals surface area contributed by atoms with Crippen LogP contribution in [0.1, 0.15) is 37.4 Å². The summed E-state index contributed by atoms with van der Waals surface area (Å²) in [6, 6.07) is 9.64. The molecule has 5 nitrogen and oxygen atoms in total. The van der Waals surface area contributed by atoms with Crippen LogP contribution < -0.4 is 5.56 Å². The Labute approximate surface area is 128 Å². The topological polar surface area (TPSA) is 60.1 Å². The zero-order valence-corrected chi connectivity index (χ0v) is 13.2. The van der Waals surface area contributed by atoms with Gasteiger partial charge in [0.15, 0.2) is 0 Å². The molecule has 0 N–H and O–H groups in total. The van der Waals surface area contributed by atoms with Crippen molar-refractivity contribution < 1.29 is 0 Å². The number of aromatic nitrogens is 3. The smallest absolute Gasteiger partial charge is 0.265 e. The molecule has 0 fully saturated rings. The predicted octanol–water partition coefficient (Wildman–Crippen LogP) is 2.76. The van der Waals surface area contributed by atoms with Gasteiger partial charge in [-0.1, -0.05) is 55.9 Å². The van der Waals surface area contributed by atoms with Crippen LogP contribution in [0.15, 0.2) is 45.4 Å². The van der Waals surface area contributed by atoms with E-state index in [9.17, 15) is 4.79 Å². The zero-order valence-electron chi connectivity index (χ0n) is 12.4. The van der Waals surface area contributed by atoms with E-state index < -0.39 is 0 Å². The minimum Gasteiger partial charge on any atom is -0.265 e. The van der Waals surface area contributed by atoms with E-state index in [-0.39, 0.29) is 11.5 Å². The normalized spacial score (nSPS) is 12.7. The van der Waals surface area contributed by atoms with Crippen molar-refractivity contribution in [1.82, 2.24) is 14.9 Å². The third-order valence-corrected chi connectivity index (χ3v) is 3.84. The lowest BCUT2D eigenvalue weighted by Gasteiger charge is -2.09. The summed E-state index contributed by atoms with van der Waals surface area (Å²) in [4.78, 5) is 12.5. The quantitative estimate of drug-likeness (QED) is 0.629. The summed E-state index contributed by atoms with van der Waals surface area (Å²) in [6.45, 7) is 3.99. The summed E-state index contributed by atoms with van der Waals surface area (Å²) in [5.74, 6) is 0.0686. The van der Waals surface area contributed by atoms with Gasteiger partial charge >= 0.3 is 0 Å². The largest absolute Gasteiger partial charge is 0.297 e. The number of benzene rings is 1. The second-order valence-electron chi connectivity index (χ2n) is 4.65. The van der Waals surface area contributed by atoms with Crippen molar-refractivity contribution in [3.8, 4) is 0 Å². The predicted molar refractivity (Wildman–Crippen MR) is 86.2 cm³/mol. The second kappa shape index (κ2) is 7.17. The van der Waals surface area contributed by atoms with E-state index in [1.807, 2.05) is 50.4 Å². The van der Waals surface area contributed by atoms with Crippen molar-refractivity contribution in [2.45, 2.75) is 31.3 Å². The van der Waals surface area contributed by atoms with E-state index in [0.717, 1.165) is 12.0 Å². The maximum absolute atomic E-state index is 12.5. The summed E-state index contributed by atoms with van der Waals surface area (Å²) in [6.07, 6.45) is 4.34. The van der Waals surface area contributed by atoms with Gasteiger partial charge in [0, 0.05) is 5.92 Å². The number of thioether (sulfide) groups is 1. The minimum atomic E-state index is -0.198. The van der Waals surface area contributed by atoms with Crippen LogP contribution in [-0.2, 0) is 0 Å². The molecule has 0 amide bonds. The molecule has 0 aliphatic rings. The molecule has 0 radical (unpaired) electrons. The Balaban J connectivity index is 2.46. The number of hydrogen-bond acceptors (Lipinski definition) is 5. The fourth-order valence-electron chi connectivity index (χ4n) is 1.77. The Bertz CT molecular complexity index is 682. The molecule has 2 rings (SSSR count). The van der Waals surface area contributed by atoms with Gasteiger partial charge in [-0.25, -0.2) is 0 Å². The monoisotopic (exact) mass is 302 g/mol. The molecular weight excluding hydrogens is 284 g/mol. The van der Waals surface area contributed by atoms with E-state index in [1.165, 1.54) is 16.4 Å². The van der Waals surface area contributed by atoms with Crippen LogP contribution >= 0.6 is 11.8 Å². The van der Waals surface area contributed by atoms with Gasteiger partial charge in [-0.15, -0.1) is 10.2 Å². The van der Waals surface area contributed by atoms with Crippen molar-refractivity contribution in [3.05, 3.63) is 51.9 Å². The maximum atomic E-state index is 12.5. The molecule has 0 spiro atoms. The van der Waals surface area contributed by atoms with Gasteiger partial charge in [0.05, 0.1) is 6.21 Å². The standard InChI is InChI=1S/C15H18N4OS/c1-4-11(2)13-14(20)19(15(21-3)18-17-13)16-10-12-8-6-5-7-9-12/h5-11H,4H2,1-3H3. The fourth-order valence-corrected chi connectivity index (χ4v) is 2.20. The van der Waals surface area contributed by atoms with Crippen LogP contribution in [0.3, 0.4) is 0 Å². The van der Waals surface area contributed by atoms with Crippen LogP contribution in [0.4, 0.5) is 0 Å². The molecule has 2 aromatic rings. The Kier molecular flexibility index (Phi) is 5.27. The molecule has 1 atom stereocenters. The first-order valence-electron chi connectivity index (χ1n) is 6.80. The zero-order chi connectivity index (χ0) is 15.2. The van der Waals surface area contributed by atoms with Crippen molar-refractivity contribution in [1.29, 1.82) is 0 Å². The summed E-state index contributed by atoms with van der Waals surface area (Å²) >= 11 is 1.35. The lowest BCUT2D eigenvalue weighted by Crippen LogP contribution is -2.26. The second-order valence-corrected chi connectivity index (χ2v) is 5.43. The highest BCUT2D eigenvalue weighted by atomic mass is 32.2. The van der Waals surface area contributed by atoms with Gasteiger partial charge in [0.25, 0.3) is 5.56 Å². The maximum Gasteiger partial charge on any atom is 0.297 e. The van der Waals surface area contributed by atoms with Crippen molar-refractivity contribution in [3.63, 3.8) is 0 Å². The fraction of sp³-hybridized carbons (Fsp3) is 0.333. The minimum absolute atomic E-state index is 0.0686. The average molecular weight is 302 g/mol. The third kappa shape index (κ3) is 3.58. The van der Waals surface area contributed by atoms with E-state index in [2.05, 4.69) is 15.3 Å². The highest BCUT2D eigenvalue weighted by molar-refractivity contribution is 7.98. The third-order valence-electron chi connectivity index (χ3n) is 3.22. The molecule has 0 bridgehead atoms. The van der Waals surface area contributed by atoms with Crippen LogP contribution in [0.2, 0.25) is 0 Å². The van der Waals surface area contributed by atoms with Gasteiger partial charge in [-0.3, -0.25) is 4.79 Å².